The molecule has 162 valence electrons. The van der Waals surface area contributed by atoms with Gasteiger partial charge in [-0.05, 0) is 49.9 Å². The lowest BCUT2D eigenvalue weighted by Crippen LogP contribution is -1.92. The number of pyridine rings is 2. The molecule has 0 spiro atoms. The van der Waals surface area contributed by atoms with Crippen LogP contribution in [0, 0.1) is 0 Å². The van der Waals surface area contributed by atoms with Gasteiger partial charge in [-0.25, -0.2) is 0 Å². The van der Waals surface area contributed by atoms with Crippen LogP contribution in [0.4, 0.5) is 0 Å². The number of aryl methyl sites for hydroxylation is 2. The van der Waals surface area contributed by atoms with Gasteiger partial charge in [0.15, 0.2) is 0 Å². The molecule has 0 atom stereocenters. The van der Waals surface area contributed by atoms with E-state index in [9.17, 15) is 0 Å². The molecular formula is C28H34N2O. The van der Waals surface area contributed by atoms with Crippen LogP contribution in [0.15, 0.2) is 72.8 Å². The molecule has 0 bridgehead atoms. The largest absolute Gasteiger partial charge is 0.412 e. The van der Waals surface area contributed by atoms with Gasteiger partial charge >= 0.3 is 0 Å². The van der Waals surface area contributed by atoms with Crippen LogP contribution in [0.25, 0.3) is 21.8 Å². The number of rotatable bonds is 11. The van der Waals surface area contributed by atoms with E-state index in [1.165, 1.54) is 73.5 Å². The van der Waals surface area contributed by atoms with Gasteiger partial charge in [0.1, 0.15) is 0 Å². The smallest absolute Gasteiger partial charge is 0.0705 e. The number of nitrogens with zero attached hydrogens (tertiary/aromatic N) is 2. The van der Waals surface area contributed by atoms with E-state index in [1.54, 1.807) is 0 Å². The molecule has 0 saturated heterocycles. The van der Waals surface area contributed by atoms with E-state index in [1.807, 2.05) is 0 Å². The van der Waals surface area contributed by atoms with Gasteiger partial charge in [-0.2, -0.15) is 0 Å². The van der Waals surface area contributed by atoms with E-state index >= 15 is 0 Å². The summed E-state index contributed by atoms with van der Waals surface area (Å²) >= 11 is 0. The number of para-hydroxylation sites is 2. The third kappa shape index (κ3) is 6.86. The molecule has 0 aliphatic carbocycles. The minimum absolute atomic E-state index is 0. The maximum Gasteiger partial charge on any atom is 0.0705 e. The zero-order valence-electron chi connectivity index (χ0n) is 18.4. The van der Waals surface area contributed by atoms with Gasteiger partial charge in [0.25, 0.3) is 0 Å². The Kier molecular flexibility index (Phi) is 8.99. The first-order chi connectivity index (χ1) is 14.9. The maximum absolute atomic E-state index is 4.78. The molecule has 2 heterocycles. The number of unbranched alkanes of at least 4 members (excludes halogenated alkanes) is 7. The molecule has 4 rings (SSSR count). The van der Waals surface area contributed by atoms with Gasteiger partial charge in [-0.1, -0.05) is 87.1 Å². The second-order valence-electron chi connectivity index (χ2n) is 8.32. The lowest BCUT2D eigenvalue weighted by molar-refractivity contribution is 0.565. The van der Waals surface area contributed by atoms with Crippen LogP contribution in [0.5, 0.6) is 0 Å². The Bertz CT molecular complexity index is 989. The summed E-state index contributed by atoms with van der Waals surface area (Å²) in [6.07, 6.45) is 12.7. The highest BCUT2D eigenvalue weighted by Gasteiger charge is 2.00. The van der Waals surface area contributed by atoms with Crippen molar-refractivity contribution in [2.75, 3.05) is 0 Å². The quantitative estimate of drug-likeness (QED) is 0.252. The normalized spacial score (nSPS) is 11.0. The van der Waals surface area contributed by atoms with E-state index < -0.39 is 0 Å². The Labute approximate surface area is 185 Å². The van der Waals surface area contributed by atoms with Crippen molar-refractivity contribution in [1.29, 1.82) is 0 Å². The first-order valence-electron chi connectivity index (χ1n) is 11.6. The van der Waals surface area contributed by atoms with Crippen LogP contribution in [-0.4, -0.2) is 15.4 Å². The highest BCUT2D eigenvalue weighted by atomic mass is 16.0. The van der Waals surface area contributed by atoms with Crippen LogP contribution in [-0.2, 0) is 12.8 Å². The molecule has 0 unspecified atom stereocenters. The van der Waals surface area contributed by atoms with Crippen LogP contribution in [0.3, 0.4) is 0 Å². The Morgan fingerprint density at radius 3 is 1.26 bits per heavy atom. The third-order valence-electron chi connectivity index (χ3n) is 5.93. The SMILES string of the molecule is O.c1ccc2nc(CCCCCCCCCCc3ccc4ccccc4n3)ccc2c1. The summed E-state index contributed by atoms with van der Waals surface area (Å²) in [6.45, 7) is 0. The summed E-state index contributed by atoms with van der Waals surface area (Å²) in [5.74, 6) is 0. The summed E-state index contributed by atoms with van der Waals surface area (Å²) in [7, 11) is 0. The molecule has 4 aromatic rings. The zero-order valence-corrected chi connectivity index (χ0v) is 18.4. The number of hydrogen-bond acceptors (Lipinski definition) is 2. The molecule has 3 heteroatoms. The standard InChI is InChI=1S/C28H32N2.H2O/c1(3-5-7-15-25-21-19-23-13-9-11-17-27(23)29-25)2-4-6-8-16-26-22-20-24-14-10-12-18-28(24)30-26;/h9-14,17-22H,1-8,15-16H2;1H2. The van der Waals surface area contributed by atoms with Crippen molar-refractivity contribution < 1.29 is 5.48 Å². The summed E-state index contributed by atoms with van der Waals surface area (Å²) in [5.41, 5.74) is 4.70. The van der Waals surface area contributed by atoms with Crippen molar-refractivity contribution in [3.05, 3.63) is 84.2 Å². The fourth-order valence-electron chi connectivity index (χ4n) is 4.17. The summed E-state index contributed by atoms with van der Waals surface area (Å²) in [4.78, 5) is 9.56. The minimum Gasteiger partial charge on any atom is -0.412 e. The van der Waals surface area contributed by atoms with E-state index in [0.717, 1.165) is 23.9 Å². The van der Waals surface area contributed by atoms with Gasteiger partial charge in [-0.15, -0.1) is 0 Å². The number of fused-ring (bicyclic) bond motifs is 2. The molecule has 0 saturated carbocycles. The first-order valence-corrected chi connectivity index (χ1v) is 11.6. The lowest BCUT2D eigenvalue weighted by atomic mass is 10.0. The Morgan fingerprint density at radius 1 is 0.419 bits per heavy atom. The molecule has 0 radical (unpaired) electrons. The topological polar surface area (TPSA) is 57.3 Å². The molecule has 0 aliphatic rings. The van der Waals surface area contributed by atoms with Crippen molar-refractivity contribution in [2.45, 2.75) is 64.2 Å². The molecule has 31 heavy (non-hydrogen) atoms. The Balaban J connectivity index is 0.00000272. The van der Waals surface area contributed by atoms with Gasteiger partial charge in [-0.3, -0.25) is 9.97 Å². The van der Waals surface area contributed by atoms with Crippen LogP contribution >= 0.6 is 0 Å². The molecule has 2 aromatic heterocycles. The molecule has 2 aromatic carbocycles. The number of benzene rings is 2. The van der Waals surface area contributed by atoms with Crippen LogP contribution in [0.1, 0.15) is 62.8 Å². The molecule has 3 nitrogen and oxygen atoms in total. The van der Waals surface area contributed by atoms with E-state index in [4.69, 9.17) is 9.97 Å². The average Bonchev–Trinajstić information content (AvgIpc) is 2.80. The molecule has 0 fully saturated rings. The molecule has 0 aliphatic heterocycles. The lowest BCUT2D eigenvalue weighted by Gasteiger charge is -2.05. The van der Waals surface area contributed by atoms with Gasteiger partial charge in [0.2, 0.25) is 0 Å². The number of aromatic nitrogens is 2. The third-order valence-corrected chi connectivity index (χ3v) is 5.93. The fourth-order valence-corrected chi connectivity index (χ4v) is 4.17. The first kappa shape index (κ1) is 22.9. The average molecular weight is 415 g/mol. The minimum atomic E-state index is 0. The highest BCUT2D eigenvalue weighted by molar-refractivity contribution is 5.79. The predicted molar refractivity (Wildman–Crippen MR) is 131 cm³/mol. The Hall–Kier alpha value is -2.78. The van der Waals surface area contributed by atoms with Gasteiger partial charge in [0.05, 0.1) is 11.0 Å². The van der Waals surface area contributed by atoms with Crippen molar-refractivity contribution in [1.82, 2.24) is 9.97 Å². The highest BCUT2D eigenvalue weighted by Crippen LogP contribution is 2.16. The second-order valence-corrected chi connectivity index (χ2v) is 8.32. The van der Waals surface area contributed by atoms with Crippen molar-refractivity contribution in [3.63, 3.8) is 0 Å². The van der Waals surface area contributed by atoms with E-state index in [2.05, 4.69) is 72.8 Å². The van der Waals surface area contributed by atoms with Gasteiger partial charge < -0.3 is 5.48 Å². The van der Waals surface area contributed by atoms with Crippen molar-refractivity contribution >= 4 is 21.8 Å². The second kappa shape index (κ2) is 12.2. The predicted octanol–water partition coefficient (Wildman–Crippen LogP) is 6.86. The molecular weight excluding hydrogens is 380 g/mol. The van der Waals surface area contributed by atoms with E-state index in [0.29, 0.717) is 0 Å². The van der Waals surface area contributed by atoms with Gasteiger partial charge in [0, 0.05) is 22.2 Å². The Morgan fingerprint density at radius 2 is 0.806 bits per heavy atom. The van der Waals surface area contributed by atoms with Crippen LogP contribution < -0.4 is 0 Å². The molecule has 0 amide bonds. The van der Waals surface area contributed by atoms with Crippen molar-refractivity contribution in [2.24, 2.45) is 0 Å². The maximum atomic E-state index is 4.78. The number of hydrogen-bond donors (Lipinski definition) is 0. The van der Waals surface area contributed by atoms with Crippen LogP contribution in [0.2, 0.25) is 0 Å². The summed E-state index contributed by atoms with van der Waals surface area (Å²) in [6, 6.07) is 25.5. The summed E-state index contributed by atoms with van der Waals surface area (Å²) < 4.78 is 0. The van der Waals surface area contributed by atoms with E-state index in [-0.39, 0.29) is 5.48 Å². The molecule has 2 N–H and O–H groups in total. The fraction of sp³-hybridized carbons (Fsp3) is 0.357. The zero-order chi connectivity index (χ0) is 20.4. The summed E-state index contributed by atoms with van der Waals surface area (Å²) in [5, 5.41) is 2.47. The monoisotopic (exact) mass is 414 g/mol. The van der Waals surface area contributed by atoms with Crippen molar-refractivity contribution in [3.8, 4) is 0 Å².